The Balaban J connectivity index is 0.00000353. The predicted octanol–water partition coefficient (Wildman–Crippen LogP) is 6.49. The van der Waals surface area contributed by atoms with Gasteiger partial charge in [0, 0.05) is 68.0 Å². The van der Waals surface area contributed by atoms with Crippen molar-refractivity contribution in [3.63, 3.8) is 0 Å². The van der Waals surface area contributed by atoms with Crippen LogP contribution in [0.3, 0.4) is 0 Å². The van der Waals surface area contributed by atoms with Crippen molar-refractivity contribution in [1.82, 2.24) is 9.80 Å². The molecule has 3 aliphatic rings. The Bertz CT molecular complexity index is 1060. The van der Waals surface area contributed by atoms with Crippen LogP contribution in [0.2, 0.25) is 0 Å². The van der Waals surface area contributed by atoms with Crippen LogP contribution in [0.25, 0.3) is 0 Å². The maximum atomic E-state index is 12.8. The van der Waals surface area contributed by atoms with E-state index < -0.39 is 5.51 Å². The highest BCUT2D eigenvalue weighted by molar-refractivity contribution is 8.00. The quantitative estimate of drug-likeness (QED) is 0.372. The number of nitrogens with one attached hydrogen (secondary N) is 1. The van der Waals surface area contributed by atoms with Crippen molar-refractivity contribution in [1.29, 1.82) is 0 Å². The molecular formula is C30H41F3N4OS. The summed E-state index contributed by atoms with van der Waals surface area (Å²) in [6.45, 7) is 9.08. The van der Waals surface area contributed by atoms with E-state index in [1.54, 1.807) is 12.1 Å². The second-order valence-corrected chi connectivity index (χ2v) is 12.1. The number of piperidine rings is 1. The van der Waals surface area contributed by atoms with E-state index in [1.807, 2.05) is 4.90 Å². The maximum absolute atomic E-state index is 12.8. The monoisotopic (exact) mass is 562 g/mol. The summed E-state index contributed by atoms with van der Waals surface area (Å²) in [6.07, 6.45) is 3.19. The van der Waals surface area contributed by atoms with E-state index in [1.165, 1.54) is 23.4 Å². The minimum Gasteiger partial charge on any atom is -0.382 e. The maximum Gasteiger partial charge on any atom is 0.446 e. The first-order valence-corrected chi connectivity index (χ1v) is 14.5. The molecule has 3 saturated heterocycles. The first-order chi connectivity index (χ1) is 18.2. The molecule has 5 rings (SSSR count). The summed E-state index contributed by atoms with van der Waals surface area (Å²) in [5.74, 6) is 1.68. The molecule has 0 bridgehead atoms. The second-order valence-electron chi connectivity index (χ2n) is 11.0. The third-order valence-corrected chi connectivity index (χ3v) is 8.87. The molecule has 5 nitrogen and oxygen atoms in total. The number of amides is 1. The van der Waals surface area contributed by atoms with E-state index in [4.69, 9.17) is 0 Å². The van der Waals surface area contributed by atoms with E-state index in [0.29, 0.717) is 6.42 Å². The van der Waals surface area contributed by atoms with Gasteiger partial charge in [0.2, 0.25) is 5.91 Å². The van der Waals surface area contributed by atoms with Crippen LogP contribution >= 0.6 is 11.8 Å². The number of thioether (sulfide) groups is 1. The third-order valence-electron chi connectivity index (χ3n) is 8.13. The Hall–Kier alpha value is -2.39. The molecule has 2 atom stereocenters. The van der Waals surface area contributed by atoms with Gasteiger partial charge in [-0.1, -0.05) is 25.1 Å². The molecule has 0 aliphatic carbocycles. The number of aryl methyl sites for hydroxylation is 1. The van der Waals surface area contributed by atoms with Crippen LogP contribution in [-0.2, 0) is 4.79 Å². The van der Waals surface area contributed by atoms with E-state index in [-0.39, 0.29) is 36.0 Å². The van der Waals surface area contributed by atoms with Crippen molar-refractivity contribution in [3.8, 4) is 0 Å². The topological polar surface area (TPSA) is 38.8 Å². The Morgan fingerprint density at radius 3 is 2.15 bits per heavy atom. The number of nitrogens with zero attached hydrogens (tertiary/aromatic N) is 3. The van der Waals surface area contributed by atoms with Crippen LogP contribution in [-0.4, -0.2) is 73.1 Å². The minimum absolute atomic E-state index is 0. The highest BCUT2D eigenvalue weighted by atomic mass is 32.2. The zero-order valence-electron chi connectivity index (χ0n) is 21.9. The Labute approximate surface area is 235 Å². The van der Waals surface area contributed by atoms with Crippen molar-refractivity contribution >= 4 is 29.0 Å². The molecule has 39 heavy (non-hydrogen) atoms. The van der Waals surface area contributed by atoms with Gasteiger partial charge in [0.1, 0.15) is 0 Å². The number of likely N-dealkylation sites (tertiary alicyclic amines) is 2. The molecular weight excluding hydrogens is 521 g/mol. The lowest BCUT2D eigenvalue weighted by Gasteiger charge is -2.33. The van der Waals surface area contributed by atoms with Gasteiger partial charge >= 0.3 is 5.51 Å². The van der Waals surface area contributed by atoms with Crippen LogP contribution in [0.15, 0.2) is 53.4 Å². The zero-order chi connectivity index (χ0) is 26.7. The van der Waals surface area contributed by atoms with Crippen LogP contribution in [0.5, 0.6) is 0 Å². The number of carbonyl (C=O) groups excluding carboxylic acids is 1. The average Bonchev–Trinajstić information content (AvgIpc) is 3.44. The van der Waals surface area contributed by atoms with E-state index in [9.17, 15) is 18.0 Å². The highest BCUT2D eigenvalue weighted by Crippen LogP contribution is 2.37. The summed E-state index contributed by atoms with van der Waals surface area (Å²) < 4.78 is 37.5. The summed E-state index contributed by atoms with van der Waals surface area (Å²) >= 11 is -0.0999. The van der Waals surface area contributed by atoms with Gasteiger partial charge in [-0.15, -0.1) is 0 Å². The number of carbonyl (C=O) groups is 1. The van der Waals surface area contributed by atoms with Gasteiger partial charge in [-0.3, -0.25) is 4.79 Å². The number of hydrogen-bond donors (Lipinski definition) is 1. The third kappa shape index (κ3) is 8.07. The largest absolute Gasteiger partial charge is 0.446 e. The van der Waals surface area contributed by atoms with Crippen molar-refractivity contribution in [3.05, 3.63) is 54.1 Å². The second kappa shape index (κ2) is 12.9. The smallest absolute Gasteiger partial charge is 0.382 e. The molecule has 2 unspecified atom stereocenters. The first-order valence-electron chi connectivity index (χ1n) is 13.7. The number of benzene rings is 2. The number of rotatable bonds is 8. The fourth-order valence-corrected chi connectivity index (χ4v) is 6.65. The standard InChI is InChI=1S/C29H37F3N4OS.CH4/c1-21-4-8-26(9-5-21)36-19-22-17-34(18-23(22)20-36)14-2-3-28(37)35-15-12-25(13-16-35)33-24-6-10-27(11-7-24)38-29(30,31)32;/h4-11,22-23,25,33H,2-3,12-20H2,1H3;1H4. The normalized spacial score (nSPS) is 22.1. The molecule has 3 aliphatic heterocycles. The lowest BCUT2D eigenvalue weighted by atomic mass is 10.0. The summed E-state index contributed by atoms with van der Waals surface area (Å²) in [4.78, 5) is 20.0. The summed E-state index contributed by atoms with van der Waals surface area (Å²) in [7, 11) is 0. The van der Waals surface area contributed by atoms with E-state index in [0.717, 1.165) is 82.6 Å². The number of halogens is 3. The van der Waals surface area contributed by atoms with Gasteiger partial charge < -0.3 is 20.0 Å². The minimum atomic E-state index is -4.27. The zero-order valence-corrected chi connectivity index (χ0v) is 22.7. The molecule has 0 radical (unpaired) electrons. The summed E-state index contributed by atoms with van der Waals surface area (Å²) in [6, 6.07) is 15.4. The van der Waals surface area contributed by atoms with Gasteiger partial charge in [-0.25, -0.2) is 0 Å². The highest BCUT2D eigenvalue weighted by Gasteiger charge is 2.39. The molecule has 214 valence electrons. The molecule has 0 aromatic heterocycles. The van der Waals surface area contributed by atoms with Crippen LogP contribution in [0.1, 0.15) is 38.7 Å². The van der Waals surface area contributed by atoms with Crippen molar-refractivity contribution < 1.29 is 18.0 Å². The average molecular weight is 563 g/mol. The van der Waals surface area contributed by atoms with Crippen LogP contribution in [0, 0.1) is 18.8 Å². The molecule has 0 spiro atoms. The molecule has 9 heteroatoms. The molecule has 2 aromatic rings. The Morgan fingerprint density at radius 1 is 0.949 bits per heavy atom. The number of hydrogen-bond acceptors (Lipinski definition) is 5. The van der Waals surface area contributed by atoms with Crippen LogP contribution in [0.4, 0.5) is 24.5 Å². The van der Waals surface area contributed by atoms with E-state index >= 15 is 0 Å². The van der Waals surface area contributed by atoms with E-state index in [2.05, 4.69) is 46.3 Å². The Morgan fingerprint density at radius 2 is 1.56 bits per heavy atom. The SMILES string of the molecule is C.Cc1ccc(N2CC3CN(CCCC(=O)N4CCC(Nc5ccc(SC(F)(F)F)cc5)CC4)CC3C2)cc1. The molecule has 3 heterocycles. The molecule has 1 N–H and O–H groups in total. The van der Waals surface area contributed by atoms with Gasteiger partial charge in [0.05, 0.1) is 0 Å². The molecule has 3 fully saturated rings. The lowest BCUT2D eigenvalue weighted by molar-refractivity contribution is -0.132. The van der Waals surface area contributed by atoms with Crippen molar-refractivity contribution in [2.45, 2.75) is 56.5 Å². The van der Waals surface area contributed by atoms with Crippen LogP contribution < -0.4 is 10.2 Å². The Kier molecular flexibility index (Phi) is 9.75. The van der Waals surface area contributed by atoms with Gasteiger partial charge in [0.25, 0.3) is 0 Å². The summed E-state index contributed by atoms with van der Waals surface area (Å²) in [5.41, 5.74) is -0.825. The number of fused-ring (bicyclic) bond motifs is 1. The van der Waals surface area contributed by atoms with Crippen molar-refractivity contribution in [2.24, 2.45) is 11.8 Å². The van der Waals surface area contributed by atoms with Crippen molar-refractivity contribution in [2.75, 3.05) is 56.0 Å². The predicted molar refractivity (Wildman–Crippen MR) is 154 cm³/mol. The van der Waals surface area contributed by atoms with Gasteiger partial charge in [-0.2, -0.15) is 13.2 Å². The summed E-state index contributed by atoms with van der Waals surface area (Å²) in [5, 5.41) is 3.41. The molecule has 2 aromatic carbocycles. The van der Waals surface area contributed by atoms with Gasteiger partial charge in [-0.05, 0) is 92.7 Å². The number of alkyl halides is 3. The fraction of sp³-hybridized carbons (Fsp3) is 0.567. The fourth-order valence-electron chi connectivity index (χ4n) is 6.11. The molecule has 0 saturated carbocycles. The number of anilines is 2. The van der Waals surface area contributed by atoms with Gasteiger partial charge in [0.15, 0.2) is 0 Å². The first kappa shape index (κ1) is 29.6. The molecule has 1 amide bonds. The lowest BCUT2D eigenvalue weighted by Crippen LogP contribution is -2.42.